The summed E-state index contributed by atoms with van der Waals surface area (Å²) in [4.78, 5) is 26.0. The smallest absolute Gasteiger partial charge is 0.255 e. The highest BCUT2D eigenvalue weighted by molar-refractivity contribution is 7.99. The number of nitrogens with one attached hydrogen (secondary N) is 3. The van der Waals surface area contributed by atoms with Crippen molar-refractivity contribution in [2.45, 2.75) is 36.5 Å². The molecule has 0 aliphatic rings. The number of nitrogens with zero attached hydrogens (tertiary/aromatic N) is 1. The molecule has 0 unspecified atom stereocenters. The van der Waals surface area contributed by atoms with Crippen LogP contribution in [0.4, 0.5) is 11.5 Å². The zero-order valence-corrected chi connectivity index (χ0v) is 18.9. The normalized spacial score (nSPS) is 11.0. The van der Waals surface area contributed by atoms with Gasteiger partial charge in [0, 0.05) is 33.4 Å². The minimum atomic E-state index is -0.161. The summed E-state index contributed by atoms with van der Waals surface area (Å²) in [5.41, 5.74) is 3.42. The van der Waals surface area contributed by atoms with Crippen LogP contribution in [0.25, 0.3) is 10.9 Å². The largest absolute Gasteiger partial charge is 0.322 e. The molecule has 0 radical (unpaired) electrons. The van der Waals surface area contributed by atoms with Crippen molar-refractivity contribution in [1.29, 1.82) is 0 Å². The van der Waals surface area contributed by atoms with Crippen LogP contribution < -0.4 is 10.6 Å². The number of hydrogen-bond acceptors (Lipinski definition) is 4. The van der Waals surface area contributed by atoms with Crippen LogP contribution in [-0.2, 0) is 4.79 Å². The third kappa shape index (κ3) is 5.00. The molecule has 0 saturated heterocycles. The van der Waals surface area contributed by atoms with E-state index in [9.17, 15) is 9.59 Å². The summed E-state index contributed by atoms with van der Waals surface area (Å²) in [5, 5.41) is 13.7. The number of carbonyl (C=O) groups excluding carboxylic acids is 2. The summed E-state index contributed by atoms with van der Waals surface area (Å²) in [6.07, 6.45) is 0. The van der Waals surface area contributed by atoms with E-state index in [0.717, 1.165) is 26.4 Å². The SMILES string of the molecule is CC(=O)Nc1n[nH]c2cc(Sc3cccc(NC(=O)c4ccc(C(C)C)cc4)c3)ccc12. The number of aromatic nitrogens is 2. The van der Waals surface area contributed by atoms with E-state index >= 15 is 0 Å². The second kappa shape index (κ2) is 9.28. The molecule has 0 saturated carbocycles. The Balaban J connectivity index is 1.47. The van der Waals surface area contributed by atoms with Crippen molar-refractivity contribution in [2.75, 3.05) is 10.6 Å². The van der Waals surface area contributed by atoms with Crippen LogP contribution in [0.1, 0.15) is 42.6 Å². The average Bonchev–Trinajstić information content (AvgIpc) is 3.15. The Morgan fingerprint density at radius 1 is 0.938 bits per heavy atom. The zero-order valence-electron chi connectivity index (χ0n) is 18.1. The van der Waals surface area contributed by atoms with Gasteiger partial charge in [-0.3, -0.25) is 14.7 Å². The minimum absolute atomic E-state index is 0.133. The number of H-pyrrole nitrogens is 1. The standard InChI is InChI=1S/C25H24N4O2S/c1-15(2)17-7-9-18(10-8-17)25(31)27-19-5-4-6-20(13-19)32-21-11-12-22-23(14-21)28-29-24(22)26-16(3)30/h4-15H,1-3H3,(H,27,31)(H2,26,28,29,30). The highest BCUT2D eigenvalue weighted by Gasteiger charge is 2.10. The average molecular weight is 445 g/mol. The second-order valence-electron chi connectivity index (χ2n) is 7.82. The maximum Gasteiger partial charge on any atom is 0.255 e. The molecule has 0 aliphatic carbocycles. The number of aromatic amines is 1. The van der Waals surface area contributed by atoms with Gasteiger partial charge in [0.15, 0.2) is 5.82 Å². The molecule has 4 rings (SSSR count). The first kappa shape index (κ1) is 21.6. The zero-order chi connectivity index (χ0) is 22.7. The van der Waals surface area contributed by atoms with Gasteiger partial charge in [-0.25, -0.2) is 0 Å². The molecule has 6 nitrogen and oxygen atoms in total. The maximum atomic E-state index is 12.6. The van der Waals surface area contributed by atoms with Gasteiger partial charge >= 0.3 is 0 Å². The monoisotopic (exact) mass is 444 g/mol. The van der Waals surface area contributed by atoms with Crippen molar-refractivity contribution >= 4 is 46.0 Å². The Hall–Kier alpha value is -3.58. The molecule has 32 heavy (non-hydrogen) atoms. The molecule has 0 spiro atoms. The van der Waals surface area contributed by atoms with Crippen molar-refractivity contribution in [3.8, 4) is 0 Å². The van der Waals surface area contributed by atoms with E-state index in [1.807, 2.05) is 66.7 Å². The predicted molar refractivity (Wildman–Crippen MR) is 129 cm³/mol. The highest BCUT2D eigenvalue weighted by Crippen LogP contribution is 2.32. The van der Waals surface area contributed by atoms with Gasteiger partial charge in [-0.05, 0) is 60.0 Å². The molecule has 162 valence electrons. The first-order chi connectivity index (χ1) is 15.4. The lowest BCUT2D eigenvalue weighted by molar-refractivity contribution is -0.114. The lowest BCUT2D eigenvalue weighted by Crippen LogP contribution is -2.11. The van der Waals surface area contributed by atoms with E-state index in [1.165, 1.54) is 12.5 Å². The van der Waals surface area contributed by atoms with Crippen LogP contribution in [0, 0.1) is 0 Å². The van der Waals surface area contributed by atoms with E-state index in [-0.39, 0.29) is 11.8 Å². The first-order valence-corrected chi connectivity index (χ1v) is 11.2. The summed E-state index contributed by atoms with van der Waals surface area (Å²) in [7, 11) is 0. The fourth-order valence-corrected chi connectivity index (χ4v) is 4.24. The minimum Gasteiger partial charge on any atom is -0.322 e. The van der Waals surface area contributed by atoms with Crippen LogP contribution in [0.15, 0.2) is 76.5 Å². The molecule has 1 aromatic heterocycles. The van der Waals surface area contributed by atoms with Crippen molar-refractivity contribution < 1.29 is 9.59 Å². The van der Waals surface area contributed by atoms with Gasteiger partial charge in [-0.15, -0.1) is 0 Å². The Morgan fingerprint density at radius 3 is 2.41 bits per heavy atom. The number of benzene rings is 3. The van der Waals surface area contributed by atoms with Gasteiger partial charge in [-0.1, -0.05) is 43.8 Å². The summed E-state index contributed by atoms with van der Waals surface area (Å²) in [5.74, 6) is 0.660. The topological polar surface area (TPSA) is 86.9 Å². The fourth-order valence-electron chi connectivity index (χ4n) is 3.32. The molecule has 0 bridgehead atoms. The lowest BCUT2D eigenvalue weighted by atomic mass is 10.0. The van der Waals surface area contributed by atoms with E-state index < -0.39 is 0 Å². The Morgan fingerprint density at radius 2 is 1.69 bits per heavy atom. The predicted octanol–water partition coefficient (Wildman–Crippen LogP) is 6.05. The van der Waals surface area contributed by atoms with Crippen molar-refractivity contribution in [2.24, 2.45) is 0 Å². The quantitative estimate of drug-likeness (QED) is 0.338. The van der Waals surface area contributed by atoms with Gasteiger partial charge in [-0.2, -0.15) is 5.10 Å². The van der Waals surface area contributed by atoms with Crippen LogP contribution in [-0.4, -0.2) is 22.0 Å². The van der Waals surface area contributed by atoms with Crippen LogP contribution >= 0.6 is 11.8 Å². The van der Waals surface area contributed by atoms with Gasteiger partial charge < -0.3 is 10.6 Å². The van der Waals surface area contributed by atoms with E-state index in [1.54, 1.807) is 11.8 Å². The highest BCUT2D eigenvalue weighted by atomic mass is 32.2. The van der Waals surface area contributed by atoms with Crippen LogP contribution in [0.2, 0.25) is 0 Å². The third-order valence-electron chi connectivity index (χ3n) is 5.00. The Bertz CT molecular complexity index is 1280. The maximum absolute atomic E-state index is 12.6. The summed E-state index contributed by atoms with van der Waals surface area (Å²) < 4.78 is 0. The van der Waals surface area contributed by atoms with Gasteiger partial charge in [0.2, 0.25) is 5.91 Å². The molecule has 4 aromatic rings. The number of anilines is 2. The number of fused-ring (bicyclic) bond motifs is 1. The van der Waals surface area contributed by atoms with Crippen molar-refractivity contribution in [3.05, 3.63) is 77.9 Å². The van der Waals surface area contributed by atoms with Crippen LogP contribution in [0.5, 0.6) is 0 Å². The van der Waals surface area contributed by atoms with Gasteiger partial charge in [0.1, 0.15) is 0 Å². The van der Waals surface area contributed by atoms with E-state index in [0.29, 0.717) is 17.3 Å². The molecule has 0 aliphatic heterocycles. The number of rotatable bonds is 6. The third-order valence-corrected chi connectivity index (χ3v) is 5.98. The molecule has 3 aromatic carbocycles. The summed E-state index contributed by atoms with van der Waals surface area (Å²) in [6, 6.07) is 21.3. The molecule has 2 amide bonds. The molecule has 0 atom stereocenters. The molecule has 3 N–H and O–H groups in total. The number of carbonyl (C=O) groups is 2. The molecular weight excluding hydrogens is 420 g/mol. The summed E-state index contributed by atoms with van der Waals surface area (Å²) in [6.45, 7) is 5.71. The Kier molecular flexibility index (Phi) is 6.28. The lowest BCUT2D eigenvalue weighted by Gasteiger charge is -2.09. The number of hydrogen-bond donors (Lipinski definition) is 3. The first-order valence-electron chi connectivity index (χ1n) is 10.3. The van der Waals surface area contributed by atoms with Crippen molar-refractivity contribution in [1.82, 2.24) is 10.2 Å². The van der Waals surface area contributed by atoms with Crippen molar-refractivity contribution in [3.63, 3.8) is 0 Å². The fraction of sp³-hybridized carbons (Fsp3) is 0.160. The summed E-state index contributed by atoms with van der Waals surface area (Å²) >= 11 is 1.58. The molecule has 7 heteroatoms. The van der Waals surface area contributed by atoms with Crippen LogP contribution in [0.3, 0.4) is 0 Å². The van der Waals surface area contributed by atoms with Gasteiger partial charge in [0.25, 0.3) is 5.91 Å². The Labute approximate surface area is 190 Å². The van der Waals surface area contributed by atoms with Gasteiger partial charge in [0.05, 0.1) is 5.52 Å². The molecular formula is C25H24N4O2S. The molecule has 1 heterocycles. The molecule has 0 fully saturated rings. The number of amides is 2. The van der Waals surface area contributed by atoms with E-state index in [4.69, 9.17) is 0 Å². The van der Waals surface area contributed by atoms with E-state index in [2.05, 4.69) is 34.7 Å². The second-order valence-corrected chi connectivity index (χ2v) is 8.97.